The molecule has 2 saturated heterocycles. The van der Waals surface area contributed by atoms with Gasteiger partial charge < -0.3 is 15.0 Å². The summed E-state index contributed by atoms with van der Waals surface area (Å²) in [6.45, 7) is 10.7. The molecule has 0 amide bonds. The molecule has 7 heteroatoms. The first kappa shape index (κ1) is 25.0. The van der Waals surface area contributed by atoms with Crippen molar-refractivity contribution in [3.8, 4) is 0 Å². The summed E-state index contributed by atoms with van der Waals surface area (Å²) in [5.41, 5.74) is 4.05. The van der Waals surface area contributed by atoms with Crippen molar-refractivity contribution in [1.29, 1.82) is 0 Å². The first-order chi connectivity index (χ1) is 15.3. The summed E-state index contributed by atoms with van der Waals surface area (Å²) >= 11 is 0. The van der Waals surface area contributed by atoms with E-state index in [1.54, 1.807) is 0 Å². The monoisotopic (exact) mass is 549 g/mol. The Balaban J connectivity index is 0.00000289. The van der Waals surface area contributed by atoms with Gasteiger partial charge in [0.2, 0.25) is 0 Å². The third-order valence-corrected chi connectivity index (χ3v) is 6.08. The van der Waals surface area contributed by atoms with Gasteiger partial charge in [-0.1, -0.05) is 54.6 Å². The van der Waals surface area contributed by atoms with Gasteiger partial charge in [0.15, 0.2) is 5.96 Å². The molecular weight excluding hydrogens is 513 g/mol. The third-order valence-electron chi connectivity index (χ3n) is 6.08. The average molecular weight is 550 g/mol. The predicted molar refractivity (Wildman–Crippen MR) is 141 cm³/mol. The number of halogens is 1. The number of benzene rings is 2. The van der Waals surface area contributed by atoms with Crippen LogP contribution >= 0.6 is 24.0 Å². The van der Waals surface area contributed by atoms with Crippen LogP contribution in [0.15, 0.2) is 59.6 Å². The molecule has 2 heterocycles. The van der Waals surface area contributed by atoms with E-state index >= 15 is 0 Å². The largest absolute Gasteiger partial charge is 0.379 e. The second kappa shape index (κ2) is 13.1. The molecule has 2 fully saturated rings. The SMILES string of the molecule is CN=C(NCc1cccc(CN2CCOCC2)c1)N1CCN(Cc2ccccc2)CC1.I. The number of nitrogens with one attached hydrogen (secondary N) is 1. The fourth-order valence-electron chi connectivity index (χ4n) is 4.33. The summed E-state index contributed by atoms with van der Waals surface area (Å²) in [6.07, 6.45) is 0. The Hall–Kier alpha value is -1.68. The minimum absolute atomic E-state index is 0. The molecule has 2 aliphatic rings. The smallest absolute Gasteiger partial charge is 0.194 e. The summed E-state index contributed by atoms with van der Waals surface area (Å²) in [4.78, 5) is 11.9. The quantitative estimate of drug-likeness (QED) is 0.341. The van der Waals surface area contributed by atoms with Crippen LogP contribution in [0.3, 0.4) is 0 Å². The number of ether oxygens (including phenoxy) is 1. The summed E-state index contributed by atoms with van der Waals surface area (Å²) in [5.74, 6) is 0.998. The highest BCUT2D eigenvalue weighted by atomic mass is 127. The van der Waals surface area contributed by atoms with Crippen molar-refractivity contribution in [3.63, 3.8) is 0 Å². The molecule has 2 aromatic carbocycles. The van der Waals surface area contributed by atoms with Crippen molar-refractivity contribution >= 4 is 29.9 Å². The molecule has 0 bridgehead atoms. The molecule has 4 rings (SSSR count). The van der Waals surface area contributed by atoms with Crippen molar-refractivity contribution in [2.75, 3.05) is 59.5 Å². The van der Waals surface area contributed by atoms with Crippen molar-refractivity contribution in [2.24, 2.45) is 4.99 Å². The Kier molecular flexibility index (Phi) is 10.2. The van der Waals surface area contributed by atoms with Crippen molar-refractivity contribution < 1.29 is 4.74 Å². The molecule has 6 nitrogen and oxygen atoms in total. The fraction of sp³-hybridized carbons (Fsp3) is 0.480. The summed E-state index contributed by atoms with van der Waals surface area (Å²) < 4.78 is 5.46. The lowest BCUT2D eigenvalue weighted by molar-refractivity contribution is 0.0342. The van der Waals surface area contributed by atoms with Crippen LogP contribution in [-0.4, -0.2) is 80.2 Å². The Labute approximate surface area is 209 Å². The molecule has 32 heavy (non-hydrogen) atoms. The number of hydrogen-bond donors (Lipinski definition) is 1. The number of rotatable bonds is 6. The molecule has 174 valence electrons. The minimum atomic E-state index is 0. The second-order valence-corrected chi connectivity index (χ2v) is 8.36. The van der Waals surface area contributed by atoms with Crippen molar-refractivity contribution in [3.05, 3.63) is 71.3 Å². The number of hydrogen-bond acceptors (Lipinski definition) is 4. The number of nitrogens with zero attached hydrogens (tertiary/aromatic N) is 4. The van der Waals surface area contributed by atoms with Crippen LogP contribution in [0, 0.1) is 0 Å². The van der Waals surface area contributed by atoms with E-state index in [9.17, 15) is 0 Å². The van der Waals surface area contributed by atoms with E-state index in [2.05, 4.69) is 79.6 Å². The molecule has 0 atom stereocenters. The zero-order valence-corrected chi connectivity index (χ0v) is 21.4. The van der Waals surface area contributed by atoms with Crippen molar-refractivity contribution in [2.45, 2.75) is 19.6 Å². The van der Waals surface area contributed by atoms with E-state index in [0.717, 1.165) is 78.1 Å². The van der Waals surface area contributed by atoms with E-state index in [4.69, 9.17) is 4.74 Å². The topological polar surface area (TPSA) is 43.3 Å². The van der Waals surface area contributed by atoms with E-state index in [1.165, 1.54) is 16.7 Å². The molecule has 2 aliphatic heterocycles. The third kappa shape index (κ3) is 7.43. The number of piperazine rings is 1. The molecule has 0 radical (unpaired) electrons. The fourth-order valence-corrected chi connectivity index (χ4v) is 4.33. The van der Waals surface area contributed by atoms with Crippen LogP contribution in [-0.2, 0) is 24.4 Å². The van der Waals surface area contributed by atoms with Gasteiger partial charge in [0, 0.05) is 66.0 Å². The van der Waals surface area contributed by atoms with E-state index in [1.807, 2.05) is 7.05 Å². The molecular formula is C25H36IN5O. The predicted octanol–water partition coefficient (Wildman–Crippen LogP) is 3.03. The van der Waals surface area contributed by atoms with Gasteiger partial charge in [-0.25, -0.2) is 0 Å². The van der Waals surface area contributed by atoms with E-state index in [0.29, 0.717) is 0 Å². The number of morpholine rings is 1. The van der Waals surface area contributed by atoms with Gasteiger partial charge in [-0.15, -0.1) is 24.0 Å². The molecule has 2 aromatic rings. The Morgan fingerprint density at radius 2 is 1.44 bits per heavy atom. The van der Waals surface area contributed by atoms with Gasteiger partial charge in [0.05, 0.1) is 13.2 Å². The molecule has 0 aromatic heterocycles. The number of aliphatic imine (C=N–C) groups is 1. The van der Waals surface area contributed by atoms with Crippen molar-refractivity contribution in [1.82, 2.24) is 20.0 Å². The van der Waals surface area contributed by atoms with Crippen LogP contribution in [0.1, 0.15) is 16.7 Å². The summed E-state index contributed by atoms with van der Waals surface area (Å²) in [7, 11) is 1.88. The van der Waals surface area contributed by atoms with Gasteiger partial charge in [-0.05, 0) is 16.7 Å². The highest BCUT2D eigenvalue weighted by molar-refractivity contribution is 14.0. The average Bonchev–Trinajstić information content (AvgIpc) is 2.82. The maximum atomic E-state index is 5.46. The second-order valence-electron chi connectivity index (χ2n) is 8.36. The Morgan fingerprint density at radius 1 is 0.812 bits per heavy atom. The molecule has 0 aliphatic carbocycles. The standard InChI is InChI=1S/C25H35N5O.HI/c1-26-25(30-12-10-28(11-13-30)20-22-6-3-2-4-7-22)27-19-23-8-5-9-24(18-23)21-29-14-16-31-17-15-29;/h2-9,18H,10-17,19-21H2,1H3,(H,26,27);1H. The normalized spacial score (nSPS) is 18.3. The van der Waals surface area contributed by atoms with Gasteiger partial charge in [-0.3, -0.25) is 14.8 Å². The lowest BCUT2D eigenvalue weighted by atomic mass is 10.1. The van der Waals surface area contributed by atoms with E-state index < -0.39 is 0 Å². The van der Waals surface area contributed by atoms with Crippen LogP contribution in [0.4, 0.5) is 0 Å². The lowest BCUT2D eigenvalue weighted by Gasteiger charge is -2.36. The first-order valence-corrected chi connectivity index (χ1v) is 11.4. The molecule has 0 unspecified atom stereocenters. The highest BCUT2D eigenvalue weighted by Crippen LogP contribution is 2.11. The van der Waals surface area contributed by atoms with Gasteiger partial charge in [0.1, 0.15) is 0 Å². The van der Waals surface area contributed by atoms with Gasteiger partial charge in [-0.2, -0.15) is 0 Å². The first-order valence-electron chi connectivity index (χ1n) is 11.4. The molecule has 1 N–H and O–H groups in total. The zero-order valence-electron chi connectivity index (χ0n) is 19.1. The Bertz CT molecular complexity index is 833. The maximum Gasteiger partial charge on any atom is 0.194 e. The van der Waals surface area contributed by atoms with Crippen LogP contribution in [0.5, 0.6) is 0 Å². The summed E-state index contributed by atoms with van der Waals surface area (Å²) in [5, 5.41) is 3.57. The highest BCUT2D eigenvalue weighted by Gasteiger charge is 2.19. The summed E-state index contributed by atoms with van der Waals surface area (Å²) in [6, 6.07) is 19.6. The van der Waals surface area contributed by atoms with Crippen LogP contribution in [0.25, 0.3) is 0 Å². The lowest BCUT2D eigenvalue weighted by Crippen LogP contribution is -2.52. The maximum absolute atomic E-state index is 5.46. The van der Waals surface area contributed by atoms with Gasteiger partial charge >= 0.3 is 0 Å². The number of guanidine groups is 1. The van der Waals surface area contributed by atoms with Crippen LogP contribution < -0.4 is 5.32 Å². The zero-order chi connectivity index (χ0) is 21.3. The molecule has 0 saturated carbocycles. The minimum Gasteiger partial charge on any atom is -0.379 e. The van der Waals surface area contributed by atoms with Gasteiger partial charge in [0.25, 0.3) is 0 Å². The molecule has 0 spiro atoms. The van der Waals surface area contributed by atoms with Crippen LogP contribution in [0.2, 0.25) is 0 Å². The van der Waals surface area contributed by atoms with E-state index in [-0.39, 0.29) is 24.0 Å². The Morgan fingerprint density at radius 3 is 2.16 bits per heavy atom.